The predicted octanol–water partition coefficient (Wildman–Crippen LogP) is 5.06. The highest BCUT2D eigenvalue weighted by molar-refractivity contribution is 7.99. The molecule has 156 valence electrons. The monoisotopic (exact) mass is 468 g/mol. The molecule has 0 spiro atoms. The molecular formula is C21H16N4O3S3. The molecule has 0 aromatic carbocycles. The molecule has 31 heavy (non-hydrogen) atoms. The van der Waals surface area contributed by atoms with E-state index in [9.17, 15) is 9.59 Å². The van der Waals surface area contributed by atoms with Gasteiger partial charge in [0.25, 0.3) is 11.1 Å². The van der Waals surface area contributed by atoms with Crippen molar-refractivity contribution in [2.45, 2.75) is 23.9 Å². The average Bonchev–Trinajstić information content (AvgIpc) is 3.50. The Kier molecular flexibility index (Phi) is 5.12. The summed E-state index contributed by atoms with van der Waals surface area (Å²) < 4.78 is 7.05. The molecule has 0 aliphatic heterocycles. The Balaban J connectivity index is 1.55. The van der Waals surface area contributed by atoms with Crippen LogP contribution in [0.5, 0.6) is 0 Å². The van der Waals surface area contributed by atoms with Gasteiger partial charge in [-0.15, -0.1) is 29.3 Å². The van der Waals surface area contributed by atoms with Crippen LogP contribution in [0.3, 0.4) is 0 Å². The summed E-state index contributed by atoms with van der Waals surface area (Å²) in [5.74, 6) is 1.16. The summed E-state index contributed by atoms with van der Waals surface area (Å²) >= 11 is 4.21. The third-order valence-electron chi connectivity index (χ3n) is 4.78. The van der Waals surface area contributed by atoms with Gasteiger partial charge in [0.15, 0.2) is 5.16 Å². The molecule has 0 fully saturated rings. The standard InChI is InChI=1S/C21H16N4O3S3/c1-3-7-25-20(27)12-6-9-29-18(12)24-21(25)31-11(2)16-22-17(26)15-13(10-30-19(15)23-16)14-5-4-8-28-14/h3-6,8-11H,1,7H2,2H3,(H,22,23,26). The number of furan rings is 1. The fourth-order valence-corrected chi connectivity index (χ4v) is 6.01. The molecule has 10 heteroatoms. The van der Waals surface area contributed by atoms with Crippen LogP contribution < -0.4 is 11.1 Å². The molecule has 0 bridgehead atoms. The zero-order valence-electron chi connectivity index (χ0n) is 16.3. The van der Waals surface area contributed by atoms with Crippen molar-refractivity contribution in [3.05, 3.63) is 74.4 Å². The predicted molar refractivity (Wildman–Crippen MR) is 126 cm³/mol. The fraction of sp³-hybridized carbons (Fsp3) is 0.143. The maximum atomic E-state index is 12.9. The van der Waals surface area contributed by atoms with Gasteiger partial charge < -0.3 is 9.40 Å². The summed E-state index contributed by atoms with van der Waals surface area (Å²) in [6.45, 7) is 6.04. The Bertz CT molecular complexity index is 1530. The molecule has 1 unspecified atom stereocenters. The van der Waals surface area contributed by atoms with E-state index < -0.39 is 0 Å². The number of rotatable bonds is 6. The molecule has 0 aliphatic carbocycles. The first-order valence-corrected chi connectivity index (χ1v) is 12.0. The van der Waals surface area contributed by atoms with Gasteiger partial charge in [0, 0.05) is 17.5 Å². The molecule has 0 amide bonds. The second kappa shape index (κ2) is 7.95. The molecule has 0 saturated heterocycles. The van der Waals surface area contributed by atoms with Crippen molar-refractivity contribution in [1.82, 2.24) is 19.5 Å². The van der Waals surface area contributed by atoms with E-state index in [2.05, 4.69) is 21.5 Å². The SMILES string of the molecule is C=CCn1c(SC(C)c2nc3scc(-c4ccco4)c3c(=O)[nH]2)nc2sccc2c1=O. The van der Waals surface area contributed by atoms with E-state index in [-0.39, 0.29) is 16.4 Å². The van der Waals surface area contributed by atoms with Gasteiger partial charge in [-0.2, -0.15) is 0 Å². The van der Waals surface area contributed by atoms with Crippen LogP contribution in [-0.2, 0) is 6.54 Å². The molecule has 7 nitrogen and oxygen atoms in total. The number of nitrogens with zero attached hydrogens (tertiary/aromatic N) is 3. The van der Waals surface area contributed by atoms with Gasteiger partial charge in [0.2, 0.25) is 0 Å². The van der Waals surface area contributed by atoms with E-state index in [0.717, 1.165) is 5.56 Å². The van der Waals surface area contributed by atoms with Crippen molar-refractivity contribution in [3.8, 4) is 11.3 Å². The van der Waals surface area contributed by atoms with Gasteiger partial charge in [0.05, 0.1) is 22.3 Å². The van der Waals surface area contributed by atoms with Crippen LogP contribution in [0.2, 0.25) is 0 Å². The van der Waals surface area contributed by atoms with Gasteiger partial charge in [0.1, 0.15) is 21.2 Å². The number of fused-ring (bicyclic) bond motifs is 2. The molecule has 0 radical (unpaired) electrons. The van der Waals surface area contributed by atoms with E-state index in [1.807, 2.05) is 23.8 Å². The first-order chi connectivity index (χ1) is 15.1. The van der Waals surface area contributed by atoms with E-state index >= 15 is 0 Å². The number of hydrogen-bond acceptors (Lipinski definition) is 8. The Morgan fingerprint density at radius 1 is 1.29 bits per heavy atom. The second-order valence-corrected chi connectivity index (χ2v) is 9.82. The van der Waals surface area contributed by atoms with Gasteiger partial charge in [-0.25, -0.2) is 9.97 Å². The zero-order chi connectivity index (χ0) is 21.5. The van der Waals surface area contributed by atoms with Gasteiger partial charge >= 0.3 is 0 Å². The molecule has 1 atom stereocenters. The van der Waals surface area contributed by atoms with E-state index in [0.29, 0.717) is 43.7 Å². The molecule has 0 aliphatic rings. The Morgan fingerprint density at radius 3 is 2.94 bits per heavy atom. The van der Waals surface area contributed by atoms with Crippen molar-refractivity contribution in [3.63, 3.8) is 0 Å². The zero-order valence-corrected chi connectivity index (χ0v) is 18.8. The summed E-state index contributed by atoms with van der Waals surface area (Å²) in [5, 5.41) is 5.18. The molecule has 1 N–H and O–H groups in total. The van der Waals surface area contributed by atoms with E-state index in [1.54, 1.807) is 29.0 Å². The highest BCUT2D eigenvalue weighted by Crippen LogP contribution is 2.35. The lowest BCUT2D eigenvalue weighted by Crippen LogP contribution is -2.22. The maximum absolute atomic E-state index is 12.9. The number of nitrogens with one attached hydrogen (secondary N) is 1. The van der Waals surface area contributed by atoms with Crippen LogP contribution >= 0.6 is 34.4 Å². The number of H-pyrrole nitrogens is 1. The van der Waals surface area contributed by atoms with Gasteiger partial charge in [-0.3, -0.25) is 14.2 Å². The lowest BCUT2D eigenvalue weighted by atomic mass is 10.2. The molecule has 5 aromatic heterocycles. The fourth-order valence-electron chi connectivity index (χ4n) is 3.30. The van der Waals surface area contributed by atoms with Crippen molar-refractivity contribution >= 4 is 54.9 Å². The topological polar surface area (TPSA) is 93.8 Å². The van der Waals surface area contributed by atoms with Crippen LogP contribution in [0, 0.1) is 0 Å². The summed E-state index contributed by atoms with van der Waals surface area (Å²) in [7, 11) is 0. The minimum atomic E-state index is -0.230. The van der Waals surface area contributed by atoms with Crippen LogP contribution in [0.25, 0.3) is 31.8 Å². The quantitative estimate of drug-likeness (QED) is 0.213. The minimum absolute atomic E-state index is 0.0981. The summed E-state index contributed by atoms with van der Waals surface area (Å²) in [6, 6.07) is 5.39. The number of aromatic nitrogens is 4. The second-order valence-electron chi connectivity index (χ2n) is 6.76. The van der Waals surface area contributed by atoms with E-state index in [4.69, 9.17) is 4.42 Å². The van der Waals surface area contributed by atoms with Crippen LogP contribution in [0.4, 0.5) is 0 Å². The molecule has 5 heterocycles. The minimum Gasteiger partial charge on any atom is -0.464 e. The number of aromatic amines is 1. The van der Waals surface area contributed by atoms with E-state index in [1.165, 1.54) is 34.4 Å². The maximum Gasteiger partial charge on any atom is 0.263 e. The molecule has 5 rings (SSSR count). The average molecular weight is 469 g/mol. The normalized spacial score (nSPS) is 12.5. The first-order valence-electron chi connectivity index (χ1n) is 9.37. The van der Waals surface area contributed by atoms with Gasteiger partial charge in [-0.05, 0) is 30.5 Å². The van der Waals surface area contributed by atoms with Crippen LogP contribution in [0.15, 0.2) is 67.0 Å². The van der Waals surface area contributed by atoms with Crippen molar-refractivity contribution in [2.75, 3.05) is 0 Å². The molecule has 5 aromatic rings. The Morgan fingerprint density at radius 2 is 2.16 bits per heavy atom. The largest absolute Gasteiger partial charge is 0.464 e. The highest BCUT2D eigenvalue weighted by Gasteiger charge is 2.20. The number of thioether (sulfide) groups is 1. The highest BCUT2D eigenvalue weighted by atomic mass is 32.2. The number of allylic oxidation sites excluding steroid dienone is 1. The Hall–Kier alpha value is -2.95. The molecular weight excluding hydrogens is 452 g/mol. The number of hydrogen-bond donors (Lipinski definition) is 1. The lowest BCUT2D eigenvalue weighted by molar-refractivity contribution is 0.583. The lowest BCUT2D eigenvalue weighted by Gasteiger charge is -2.14. The summed E-state index contributed by atoms with van der Waals surface area (Å²) in [6.07, 6.45) is 3.25. The van der Waals surface area contributed by atoms with Crippen molar-refractivity contribution < 1.29 is 4.42 Å². The number of thiophene rings is 2. The Labute approximate surface area is 188 Å². The third-order valence-corrected chi connectivity index (χ3v) is 7.55. The summed E-state index contributed by atoms with van der Waals surface area (Å²) in [4.78, 5) is 39.3. The summed E-state index contributed by atoms with van der Waals surface area (Å²) in [5.41, 5.74) is 0.416. The van der Waals surface area contributed by atoms with Crippen molar-refractivity contribution in [1.29, 1.82) is 0 Å². The first kappa shape index (κ1) is 20.0. The van der Waals surface area contributed by atoms with Crippen LogP contribution in [0.1, 0.15) is 18.0 Å². The molecule has 0 saturated carbocycles. The van der Waals surface area contributed by atoms with Crippen molar-refractivity contribution in [2.24, 2.45) is 0 Å². The third kappa shape index (κ3) is 3.46. The smallest absolute Gasteiger partial charge is 0.263 e. The van der Waals surface area contributed by atoms with Crippen LogP contribution in [-0.4, -0.2) is 19.5 Å². The van der Waals surface area contributed by atoms with Gasteiger partial charge in [-0.1, -0.05) is 17.8 Å².